The van der Waals surface area contributed by atoms with Crippen LogP contribution in [0.3, 0.4) is 0 Å². The molecule has 1 aliphatic rings. The number of aryl methyl sites for hydroxylation is 1. The number of carbonyl (C=O) groups is 2. The Hall–Kier alpha value is -2.05. The van der Waals surface area contributed by atoms with Crippen LogP contribution >= 0.6 is 11.3 Å². The van der Waals surface area contributed by atoms with Crippen LogP contribution in [0.4, 0.5) is 0 Å². The third-order valence-electron chi connectivity index (χ3n) is 6.37. The molecule has 6 heteroatoms. The number of ether oxygens (including phenoxy) is 1. The van der Waals surface area contributed by atoms with E-state index in [4.69, 9.17) is 4.74 Å². The Labute approximate surface area is 196 Å². The van der Waals surface area contributed by atoms with Gasteiger partial charge in [-0.1, -0.05) is 44.6 Å². The Bertz CT molecular complexity index is 882. The van der Waals surface area contributed by atoms with Gasteiger partial charge in [0.05, 0.1) is 23.2 Å². The highest BCUT2D eigenvalue weighted by Crippen LogP contribution is 2.27. The zero-order valence-corrected chi connectivity index (χ0v) is 20.9. The van der Waals surface area contributed by atoms with Gasteiger partial charge < -0.3 is 9.84 Å². The zero-order valence-electron chi connectivity index (χ0n) is 20.1. The SMILES string of the molecule is CC1=C/C[C@@H](/C(C)=C/c2csc(C)n2)OC(=O)C[C@H](O)CC(=O)[C@H](C)[C@@H](C)[C@@H](C)C\C=C\1. The predicted octanol–water partition coefficient (Wildman–Crippen LogP) is 5.68. The number of cyclic esters (lactones) is 1. The van der Waals surface area contributed by atoms with Crippen molar-refractivity contribution < 1.29 is 19.4 Å². The molecule has 176 valence electrons. The Morgan fingerprint density at radius 3 is 2.56 bits per heavy atom. The van der Waals surface area contributed by atoms with E-state index < -0.39 is 18.2 Å². The van der Waals surface area contributed by atoms with Crippen LogP contribution in [0.2, 0.25) is 0 Å². The van der Waals surface area contributed by atoms with Crippen molar-refractivity contribution in [2.24, 2.45) is 17.8 Å². The third-order valence-corrected chi connectivity index (χ3v) is 7.16. The summed E-state index contributed by atoms with van der Waals surface area (Å²) in [5.41, 5.74) is 2.83. The van der Waals surface area contributed by atoms with E-state index >= 15 is 0 Å². The Morgan fingerprint density at radius 1 is 1.19 bits per heavy atom. The number of nitrogens with zero attached hydrogens (tertiary/aromatic N) is 1. The van der Waals surface area contributed by atoms with E-state index in [1.165, 1.54) is 0 Å². The summed E-state index contributed by atoms with van der Waals surface area (Å²) in [5.74, 6) is -0.153. The quantitative estimate of drug-likeness (QED) is 0.576. The summed E-state index contributed by atoms with van der Waals surface area (Å²) in [5, 5.41) is 13.3. The van der Waals surface area contributed by atoms with Crippen molar-refractivity contribution in [3.05, 3.63) is 45.5 Å². The average Bonchev–Trinajstić information content (AvgIpc) is 3.13. The molecule has 0 amide bonds. The predicted molar refractivity (Wildman–Crippen MR) is 130 cm³/mol. The summed E-state index contributed by atoms with van der Waals surface area (Å²) in [4.78, 5) is 29.7. The van der Waals surface area contributed by atoms with E-state index in [1.54, 1.807) is 11.3 Å². The fourth-order valence-electron chi connectivity index (χ4n) is 3.82. The topological polar surface area (TPSA) is 76.5 Å². The number of aliphatic hydroxyl groups is 1. The zero-order chi connectivity index (χ0) is 23.8. The first-order chi connectivity index (χ1) is 15.1. The van der Waals surface area contributed by atoms with Gasteiger partial charge in [0.25, 0.3) is 0 Å². The normalized spacial score (nSPS) is 32.2. The molecule has 2 heterocycles. The van der Waals surface area contributed by atoms with Gasteiger partial charge in [0.1, 0.15) is 11.9 Å². The fraction of sp³-hybridized carbons (Fsp3) is 0.577. The Kier molecular flexibility index (Phi) is 10.0. The standard InChI is InChI=1S/C26H37NO4S/c1-16-8-7-9-17(2)19(4)20(5)24(29)13-23(28)14-26(30)31-25(11-10-16)18(3)12-22-15-32-21(6)27-22/h7-8,10,12,15,17,19-20,23,25,28H,9,11,13-14H2,1-6H3/b8-7+,16-10-,18-12+/t17-,19-,20+,23+,25-/m0/s1. The number of hydrogen-bond donors (Lipinski definition) is 1. The second-order valence-corrected chi connectivity index (χ2v) is 10.2. The molecule has 0 bridgehead atoms. The Balaban J connectivity index is 2.27. The number of thiazole rings is 1. The maximum Gasteiger partial charge on any atom is 0.309 e. The lowest BCUT2D eigenvalue weighted by Crippen LogP contribution is -2.29. The van der Waals surface area contributed by atoms with Crippen molar-refractivity contribution in [3.8, 4) is 0 Å². The van der Waals surface area contributed by atoms with E-state index in [2.05, 4.69) is 37.1 Å². The molecule has 1 aromatic rings. The van der Waals surface area contributed by atoms with Gasteiger partial charge in [-0.05, 0) is 50.7 Å². The molecular weight excluding hydrogens is 422 g/mol. The van der Waals surface area contributed by atoms with Crippen LogP contribution in [0.5, 0.6) is 0 Å². The van der Waals surface area contributed by atoms with E-state index in [-0.39, 0.29) is 30.5 Å². The first-order valence-electron chi connectivity index (χ1n) is 11.4. The van der Waals surface area contributed by atoms with Crippen molar-refractivity contribution in [2.45, 2.75) is 79.4 Å². The molecule has 0 aromatic carbocycles. The number of carbonyl (C=O) groups excluding carboxylic acids is 2. The van der Waals surface area contributed by atoms with E-state index in [9.17, 15) is 14.7 Å². The molecule has 1 N–H and O–H groups in total. The summed E-state index contributed by atoms with van der Waals surface area (Å²) < 4.78 is 5.74. The second kappa shape index (κ2) is 12.3. The van der Waals surface area contributed by atoms with Crippen LogP contribution in [0.1, 0.15) is 71.0 Å². The van der Waals surface area contributed by atoms with E-state index in [0.29, 0.717) is 12.3 Å². The lowest BCUT2D eigenvalue weighted by atomic mass is 9.79. The summed E-state index contributed by atoms with van der Waals surface area (Å²) >= 11 is 1.57. The van der Waals surface area contributed by atoms with Gasteiger partial charge in [0.15, 0.2) is 0 Å². The number of aliphatic hydroxyl groups excluding tert-OH is 1. The van der Waals surface area contributed by atoms with Crippen LogP contribution in [0.25, 0.3) is 6.08 Å². The van der Waals surface area contributed by atoms with Gasteiger partial charge in [0.2, 0.25) is 0 Å². The molecule has 0 fully saturated rings. The summed E-state index contributed by atoms with van der Waals surface area (Å²) in [6, 6.07) is 0. The van der Waals surface area contributed by atoms with Gasteiger partial charge in [-0.2, -0.15) is 0 Å². The van der Waals surface area contributed by atoms with Crippen LogP contribution in [0, 0.1) is 24.7 Å². The molecule has 1 aromatic heterocycles. The molecule has 0 saturated carbocycles. The molecule has 2 rings (SSSR count). The van der Waals surface area contributed by atoms with Gasteiger partial charge in [-0.15, -0.1) is 11.3 Å². The maximum atomic E-state index is 12.7. The van der Waals surface area contributed by atoms with Gasteiger partial charge >= 0.3 is 5.97 Å². The number of aromatic nitrogens is 1. The smallest absolute Gasteiger partial charge is 0.309 e. The number of rotatable bonds is 2. The van der Waals surface area contributed by atoms with E-state index in [0.717, 1.165) is 28.3 Å². The second-order valence-electron chi connectivity index (χ2n) is 9.13. The van der Waals surface area contributed by atoms with Crippen LogP contribution in [0.15, 0.2) is 34.8 Å². The minimum atomic E-state index is -1.03. The van der Waals surface area contributed by atoms with Gasteiger partial charge in [-0.3, -0.25) is 9.59 Å². The van der Waals surface area contributed by atoms with Crippen molar-refractivity contribution in [1.29, 1.82) is 0 Å². The van der Waals surface area contributed by atoms with E-state index in [1.807, 2.05) is 39.2 Å². The number of ketones is 1. The molecule has 5 nitrogen and oxygen atoms in total. The highest BCUT2D eigenvalue weighted by Gasteiger charge is 2.27. The minimum Gasteiger partial charge on any atom is -0.457 e. The number of allylic oxidation sites excluding steroid dienone is 3. The molecule has 0 spiro atoms. The first kappa shape index (κ1) is 26.2. The number of Topliss-reactive ketones (excluding diaryl/α,β-unsaturated/α-hetero) is 1. The largest absolute Gasteiger partial charge is 0.457 e. The molecule has 0 saturated heterocycles. The lowest BCUT2D eigenvalue weighted by Gasteiger charge is -2.25. The van der Waals surface area contributed by atoms with Crippen molar-refractivity contribution >= 4 is 29.2 Å². The van der Waals surface area contributed by atoms with Gasteiger partial charge in [-0.25, -0.2) is 4.98 Å². The van der Waals surface area contributed by atoms with Crippen molar-refractivity contribution in [2.75, 3.05) is 0 Å². The number of esters is 1. The summed E-state index contributed by atoms with van der Waals surface area (Å²) in [6.07, 6.45) is 7.95. The Morgan fingerprint density at radius 2 is 1.91 bits per heavy atom. The van der Waals surface area contributed by atoms with Crippen molar-refractivity contribution in [1.82, 2.24) is 4.98 Å². The molecule has 1 aliphatic heterocycles. The lowest BCUT2D eigenvalue weighted by molar-refractivity contribution is -0.149. The fourth-order valence-corrected chi connectivity index (χ4v) is 4.39. The average molecular weight is 460 g/mol. The third kappa shape index (κ3) is 8.14. The highest BCUT2D eigenvalue weighted by molar-refractivity contribution is 7.09. The van der Waals surface area contributed by atoms with Crippen molar-refractivity contribution in [3.63, 3.8) is 0 Å². The highest BCUT2D eigenvalue weighted by atomic mass is 32.1. The molecule has 5 atom stereocenters. The maximum absolute atomic E-state index is 12.7. The van der Waals surface area contributed by atoms with Crippen LogP contribution < -0.4 is 0 Å². The van der Waals surface area contributed by atoms with Crippen LogP contribution in [-0.4, -0.2) is 34.1 Å². The molecule has 32 heavy (non-hydrogen) atoms. The minimum absolute atomic E-state index is 0.0108. The molecular formula is C26H37NO4S. The molecule has 0 unspecified atom stereocenters. The first-order valence-corrected chi connectivity index (χ1v) is 12.3. The summed E-state index contributed by atoms with van der Waals surface area (Å²) in [7, 11) is 0. The van der Waals surface area contributed by atoms with Gasteiger partial charge in [0, 0.05) is 24.1 Å². The number of hydrogen-bond acceptors (Lipinski definition) is 6. The molecule has 0 aliphatic carbocycles. The monoisotopic (exact) mass is 459 g/mol. The van der Waals surface area contributed by atoms with Crippen LogP contribution in [-0.2, 0) is 14.3 Å². The summed E-state index contributed by atoms with van der Waals surface area (Å²) in [6.45, 7) is 12.1. The molecule has 0 radical (unpaired) electrons.